The van der Waals surface area contributed by atoms with Gasteiger partial charge in [0, 0.05) is 18.8 Å². The predicted octanol–water partition coefficient (Wildman–Crippen LogP) is 4.37. The first-order valence-corrected chi connectivity index (χ1v) is 11.1. The number of benzene rings is 1. The highest BCUT2D eigenvalue weighted by Gasteiger charge is 2.18. The molecule has 5 rings (SSSR count). The molecule has 7 nitrogen and oxygen atoms in total. The molecule has 0 N–H and O–H groups in total. The van der Waals surface area contributed by atoms with Crippen LogP contribution in [0, 0.1) is 0 Å². The van der Waals surface area contributed by atoms with Crippen LogP contribution in [0.25, 0.3) is 11.3 Å². The van der Waals surface area contributed by atoms with Crippen LogP contribution >= 0.6 is 0 Å². The van der Waals surface area contributed by atoms with Crippen LogP contribution in [-0.4, -0.2) is 36.2 Å². The Bertz CT molecular complexity index is 1280. The molecule has 0 aliphatic carbocycles. The Morgan fingerprint density at radius 1 is 0.788 bits per heavy atom. The van der Waals surface area contributed by atoms with Crippen LogP contribution in [0.2, 0.25) is 0 Å². The highest BCUT2D eigenvalue weighted by Crippen LogP contribution is 2.16. The minimum atomic E-state index is 0.0726. The third-order valence-corrected chi connectivity index (χ3v) is 5.59. The number of hydrogen-bond acceptors (Lipinski definition) is 4. The first kappa shape index (κ1) is 20.8. The van der Waals surface area contributed by atoms with E-state index in [1.54, 1.807) is 0 Å². The van der Waals surface area contributed by atoms with Gasteiger partial charge in [-0.1, -0.05) is 30.3 Å². The van der Waals surface area contributed by atoms with E-state index >= 15 is 0 Å². The van der Waals surface area contributed by atoms with Crippen molar-refractivity contribution in [1.29, 1.82) is 0 Å². The maximum absolute atomic E-state index is 13.3. The summed E-state index contributed by atoms with van der Waals surface area (Å²) in [6, 6.07) is 21.4. The second-order valence-corrected chi connectivity index (χ2v) is 7.87. The van der Waals surface area contributed by atoms with Crippen LogP contribution in [0.4, 0.5) is 0 Å². The normalized spacial score (nSPS) is 11.2. The van der Waals surface area contributed by atoms with E-state index in [4.69, 9.17) is 4.74 Å². The van der Waals surface area contributed by atoms with Gasteiger partial charge in [0.25, 0.3) is 0 Å². The van der Waals surface area contributed by atoms with E-state index in [2.05, 4.69) is 9.97 Å². The maximum atomic E-state index is 13.3. The molecule has 0 saturated carbocycles. The third-order valence-electron chi connectivity index (χ3n) is 5.59. The van der Waals surface area contributed by atoms with Crippen molar-refractivity contribution >= 4 is 17.2 Å². The molecule has 0 radical (unpaired) electrons. The van der Waals surface area contributed by atoms with Gasteiger partial charge < -0.3 is 18.4 Å². The molecular weight excluding hydrogens is 414 g/mol. The number of amides is 1. The Balaban J connectivity index is 1.32. The first-order chi connectivity index (χ1) is 16.3. The summed E-state index contributed by atoms with van der Waals surface area (Å²) in [5.41, 5.74) is 3.67. The van der Waals surface area contributed by atoms with E-state index in [1.807, 2.05) is 105 Å². The van der Waals surface area contributed by atoms with Gasteiger partial charge in [0.05, 0.1) is 43.5 Å². The van der Waals surface area contributed by atoms with Crippen molar-refractivity contribution in [3.05, 3.63) is 103 Å². The van der Waals surface area contributed by atoms with Gasteiger partial charge in [-0.2, -0.15) is 0 Å². The lowest BCUT2D eigenvalue weighted by Gasteiger charge is -2.22. The summed E-state index contributed by atoms with van der Waals surface area (Å²) in [5.74, 6) is 0.890. The second-order valence-electron chi connectivity index (χ2n) is 7.87. The van der Waals surface area contributed by atoms with Crippen LogP contribution in [0.1, 0.15) is 24.2 Å². The highest BCUT2D eigenvalue weighted by molar-refractivity contribution is 5.76. The van der Waals surface area contributed by atoms with Crippen LogP contribution in [0.5, 0.6) is 5.75 Å². The van der Waals surface area contributed by atoms with Gasteiger partial charge in [-0.05, 0) is 42.8 Å². The fourth-order valence-electron chi connectivity index (χ4n) is 3.92. The number of para-hydroxylation sites is 1. The number of aromatic nitrogens is 4. The maximum Gasteiger partial charge on any atom is 0.223 e. The summed E-state index contributed by atoms with van der Waals surface area (Å²) in [6.45, 7) is 1.42. The molecule has 0 aliphatic heterocycles. The molecule has 166 valence electrons. The van der Waals surface area contributed by atoms with Gasteiger partial charge in [-0.25, -0.2) is 9.97 Å². The van der Waals surface area contributed by atoms with E-state index in [1.165, 1.54) is 0 Å². The van der Waals surface area contributed by atoms with Gasteiger partial charge in [0.15, 0.2) is 0 Å². The van der Waals surface area contributed by atoms with Crippen molar-refractivity contribution in [3.8, 4) is 5.75 Å². The molecule has 1 amide bonds. The average molecular weight is 440 g/mol. The van der Waals surface area contributed by atoms with Gasteiger partial charge >= 0.3 is 0 Å². The zero-order chi connectivity index (χ0) is 22.5. The lowest BCUT2D eigenvalue weighted by atomic mass is 10.2. The largest absolute Gasteiger partial charge is 0.494 e. The molecule has 33 heavy (non-hydrogen) atoms. The summed E-state index contributed by atoms with van der Waals surface area (Å²) < 4.78 is 9.81. The van der Waals surface area contributed by atoms with Crippen molar-refractivity contribution in [2.45, 2.75) is 25.9 Å². The number of ether oxygens (including phenoxy) is 1. The number of carbonyl (C=O) groups is 1. The minimum absolute atomic E-state index is 0.0726. The van der Waals surface area contributed by atoms with Crippen LogP contribution in [0.3, 0.4) is 0 Å². The highest BCUT2D eigenvalue weighted by atomic mass is 16.5. The third kappa shape index (κ3) is 4.72. The molecular formula is C26H25N5O2. The van der Waals surface area contributed by atoms with Crippen molar-refractivity contribution in [2.24, 2.45) is 0 Å². The SMILES string of the molecule is O=C(CCCOc1ccccc1)N(Cc1cnc2ccccn12)Cc1cnc2ccccn12. The Morgan fingerprint density at radius 3 is 1.97 bits per heavy atom. The van der Waals surface area contributed by atoms with Crippen LogP contribution in [-0.2, 0) is 17.9 Å². The zero-order valence-corrected chi connectivity index (χ0v) is 18.2. The number of hydrogen-bond donors (Lipinski definition) is 0. The molecule has 1 aromatic carbocycles. The van der Waals surface area contributed by atoms with Gasteiger partial charge in [-0.3, -0.25) is 4.79 Å². The van der Waals surface area contributed by atoms with E-state index in [-0.39, 0.29) is 5.91 Å². The predicted molar refractivity (Wildman–Crippen MR) is 126 cm³/mol. The average Bonchev–Trinajstić information content (AvgIpc) is 3.46. The molecule has 0 spiro atoms. The fraction of sp³-hybridized carbons (Fsp3) is 0.192. The van der Waals surface area contributed by atoms with E-state index in [9.17, 15) is 4.79 Å². The molecule has 0 unspecified atom stereocenters. The number of pyridine rings is 2. The zero-order valence-electron chi connectivity index (χ0n) is 18.2. The Morgan fingerprint density at radius 2 is 1.36 bits per heavy atom. The smallest absolute Gasteiger partial charge is 0.223 e. The number of carbonyl (C=O) groups excluding carboxylic acids is 1. The number of rotatable bonds is 9. The minimum Gasteiger partial charge on any atom is -0.494 e. The van der Waals surface area contributed by atoms with Gasteiger partial charge in [-0.15, -0.1) is 0 Å². The van der Waals surface area contributed by atoms with Crippen LogP contribution < -0.4 is 4.74 Å². The number of nitrogens with zero attached hydrogens (tertiary/aromatic N) is 5. The summed E-state index contributed by atoms with van der Waals surface area (Å²) in [5, 5.41) is 0. The van der Waals surface area contributed by atoms with E-state index in [0.29, 0.717) is 32.5 Å². The molecule has 5 aromatic rings. The molecule has 0 saturated heterocycles. The first-order valence-electron chi connectivity index (χ1n) is 11.1. The van der Waals surface area contributed by atoms with E-state index in [0.717, 1.165) is 28.4 Å². The Hall–Kier alpha value is -4.13. The molecule has 0 fully saturated rings. The lowest BCUT2D eigenvalue weighted by Crippen LogP contribution is -2.31. The number of fused-ring (bicyclic) bond motifs is 2. The summed E-state index contributed by atoms with van der Waals surface area (Å²) in [6.07, 6.45) is 8.67. The van der Waals surface area contributed by atoms with Crippen molar-refractivity contribution in [3.63, 3.8) is 0 Å². The molecule has 0 atom stereocenters. The quantitative estimate of drug-likeness (QED) is 0.320. The Labute approximate surface area is 191 Å². The second kappa shape index (κ2) is 9.56. The molecule has 7 heteroatoms. The van der Waals surface area contributed by atoms with Crippen LogP contribution in [0.15, 0.2) is 91.5 Å². The van der Waals surface area contributed by atoms with Crippen molar-refractivity contribution in [1.82, 2.24) is 23.7 Å². The lowest BCUT2D eigenvalue weighted by molar-refractivity contribution is -0.132. The Kier molecular flexibility index (Phi) is 6.01. The summed E-state index contributed by atoms with van der Waals surface area (Å²) >= 11 is 0. The molecule has 0 bridgehead atoms. The van der Waals surface area contributed by atoms with Crippen molar-refractivity contribution in [2.75, 3.05) is 6.61 Å². The van der Waals surface area contributed by atoms with Gasteiger partial charge in [0.1, 0.15) is 17.0 Å². The van der Waals surface area contributed by atoms with Gasteiger partial charge in [0.2, 0.25) is 5.91 Å². The molecule has 0 aliphatic rings. The molecule has 4 aromatic heterocycles. The van der Waals surface area contributed by atoms with Crippen molar-refractivity contribution < 1.29 is 9.53 Å². The van der Waals surface area contributed by atoms with E-state index < -0.39 is 0 Å². The topological polar surface area (TPSA) is 64.1 Å². The summed E-state index contributed by atoms with van der Waals surface area (Å²) in [4.78, 5) is 24.1. The summed E-state index contributed by atoms with van der Waals surface area (Å²) in [7, 11) is 0. The monoisotopic (exact) mass is 439 g/mol. The number of imidazole rings is 2. The fourth-order valence-corrected chi connectivity index (χ4v) is 3.92. The standard InChI is InChI=1S/C26H25N5O2/c32-26(13-8-16-33-23-9-2-1-3-10-23)29(19-21-17-27-24-11-4-6-14-30(21)24)20-22-18-28-25-12-5-7-15-31(22)25/h1-7,9-12,14-15,17-18H,8,13,16,19-20H2. The molecule has 4 heterocycles.